The van der Waals surface area contributed by atoms with E-state index in [-0.39, 0.29) is 5.60 Å². The lowest BCUT2D eigenvalue weighted by Gasteiger charge is -2.31. The topological polar surface area (TPSA) is 23.5 Å². The molecule has 2 rings (SSSR count). The molecule has 2 heteroatoms. The van der Waals surface area contributed by atoms with Gasteiger partial charge in [0.2, 0.25) is 0 Å². The Labute approximate surface area is 100 Å². The standard InChI is InChI=1S/C14H27NO/c1-13(2)6-5-10-15(11-9-13)12-14(16)7-3-4-8-14/h16H,3-12H2,1-2H3. The van der Waals surface area contributed by atoms with Crippen LogP contribution in [0.15, 0.2) is 0 Å². The summed E-state index contributed by atoms with van der Waals surface area (Å²) in [7, 11) is 0. The van der Waals surface area contributed by atoms with Gasteiger partial charge in [-0.15, -0.1) is 0 Å². The minimum Gasteiger partial charge on any atom is -0.389 e. The molecule has 1 saturated carbocycles. The fourth-order valence-corrected chi connectivity index (χ4v) is 3.24. The number of hydrogen-bond donors (Lipinski definition) is 1. The zero-order chi connectivity index (χ0) is 11.6. The van der Waals surface area contributed by atoms with E-state index in [4.69, 9.17) is 0 Å². The maximum atomic E-state index is 10.4. The van der Waals surface area contributed by atoms with E-state index in [1.165, 1.54) is 45.2 Å². The van der Waals surface area contributed by atoms with Crippen molar-refractivity contribution in [3.05, 3.63) is 0 Å². The molecule has 0 aromatic heterocycles. The minimum absolute atomic E-state index is 0.353. The summed E-state index contributed by atoms with van der Waals surface area (Å²) in [4.78, 5) is 2.50. The molecule has 0 spiro atoms. The zero-order valence-electron chi connectivity index (χ0n) is 11.0. The maximum absolute atomic E-state index is 10.4. The molecule has 1 N–H and O–H groups in total. The van der Waals surface area contributed by atoms with Crippen molar-refractivity contribution >= 4 is 0 Å². The summed E-state index contributed by atoms with van der Waals surface area (Å²) in [6, 6.07) is 0. The van der Waals surface area contributed by atoms with Crippen LogP contribution in [-0.2, 0) is 0 Å². The summed E-state index contributed by atoms with van der Waals surface area (Å²) in [5.41, 5.74) is 0.154. The molecule has 0 unspecified atom stereocenters. The third kappa shape index (κ3) is 3.21. The van der Waals surface area contributed by atoms with Gasteiger partial charge in [0.05, 0.1) is 5.60 Å². The quantitative estimate of drug-likeness (QED) is 0.781. The molecule has 2 nitrogen and oxygen atoms in total. The Kier molecular flexibility index (Phi) is 3.60. The summed E-state index contributed by atoms with van der Waals surface area (Å²) >= 11 is 0. The molecule has 2 fully saturated rings. The van der Waals surface area contributed by atoms with Crippen molar-refractivity contribution in [1.29, 1.82) is 0 Å². The number of nitrogens with zero attached hydrogens (tertiary/aromatic N) is 1. The molecular formula is C14H27NO. The van der Waals surface area contributed by atoms with Crippen LogP contribution in [0.25, 0.3) is 0 Å². The monoisotopic (exact) mass is 225 g/mol. The van der Waals surface area contributed by atoms with Crippen LogP contribution >= 0.6 is 0 Å². The molecule has 0 atom stereocenters. The molecule has 0 bridgehead atoms. The predicted octanol–water partition coefficient (Wildman–Crippen LogP) is 2.80. The lowest BCUT2D eigenvalue weighted by atomic mass is 9.85. The first-order chi connectivity index (χ1) is 7.49. The summed E-state index contributed by atoms with van der Waals surface area (Å²) in [6.45, 7) is 8.03. The molecule has 16 heavy (non-hydrogen) atoms. The normalized spacial score (nSPS) is 30.2. The third-order valence-corrected chi connectivity index (χ3v) is 4.48. The van der Waals surface area contributed by atoms with Gasteiger partial charge in [0.25, 0.3) is 0 Å². The summed E-state index contributed by atoms with van der Waals surface area (Å²) in [5.74, 6) is 0. The van der Waals surface area contributed by atoms with E-state index in [9.17, 15) is 5.11 Å². The van der Waals surface area contributed by atoms with Crippen molar-refractivity contribution < 1.29 is 5.11 Å². The van der Waals surface area contributed by atoms with Crippen molar-refractivity contribution in [1.82, 2.24) is 4.90 Å². The van der Waals surface area contributed by atoms with Crippen molar-refractivity contribution in [3.63, 3.8) is 0 Å². The van der Waals surface area contributed by atoms with Crippen molar-refractivity contribution in [2.24, 2.45) is 5.41 Å². The van der Waals surface area contributed by atoms with E-state index in [0.29, 0.717) is 5.41 Å². The molecule has 2 aliphatic rings. The molecule has 94 valence electrons. The first kappa shape index (κ1) is 12.4. The molecular weight excluding hydrogens is 198 g/mol. The first-order valence-electron chi connectivity index (χ1n) is 6.94. The van der Waals surface area contributed by atoms with E-state index in [1.807, 2.05) is 0 Å². The van der Waals surface area contributed by atoms with Crippen LogP contribution in [-0.4, -0.2) is 35.2 Å². The second kappa shape index (κ2) is 4.66. The highest BCUT2D eigenvalue weighted by Gasteiger charge is 2.34. The predicted molar refractivity (Wildman–Crippen MR) is 67.5 cm³/mol. The number of aliphatic hydroxyl groups is 1. The van der Waals surface area contributed by atoms with E-state index >= 15 is 0 Å². The van der Waals surface area contributed by atoms with Gasteiger partial charge in [0.1, 0.15) is 0 Å². The van der Waals surface area contributed by atoms with Crippen LogP contribution in [0.4, 0.5) is 0 Å². The Morgan fingerprint density at radius 2 is 1.62 bits per heavy atom. The Balaban J connectivity index is 1.86. The van der Waals surface area contributed by atoms with E-state index < -0.39 is 0 Å². The van der Waals surface area contributed by atoms with Gasteiger partial charge in [0.15, 0.2) is 0 Å². The summed E-state index contributed by atoms with van der Waals surface area (Å²) < 4.78 is 0. The summed E-state index contributed by atoms with van der Waals surface area (Å²) in [5, 5.41) is 10.4. The Morgan fingerprint density at radius 1 is 0.938 bits per heavy atom. The molecule has 0 amide bonds. The smallest absolute Gasteiger partial charge is 0.0774 e. The average molecular weight is 225 g/mol. The number of rotatable bonds is 2. The highest BCUT2D eigenvalue weighted by molar-refractivity contribution is 4.88. The van der Waals surface area contributed by atoms with Gasteiger partial charge in [-0.3, -0.25) is 0 Å². The molecule has 1 aliphatic heterocycles. The number of hydrogen-bond acceptors (Lipinski definition) is 2. The van der Waals surface area contributed by atoms with Crippen LogP contribution in [0.1, 0.15) is 58.8 Å². The highest BCUT2D eigenvalue weighted by Crippen LogP contribution is 2.33. The molecule has 1 saturated heterocycles. The number of β-amino-alcohol motifs (C(OH)–C–C–N with tert-alkyl or cyclic N) is 1. The zero-order valence-corrected chi connectivity index (χ0v) is 11.0. The molecule has 0 radical (unpaired) electrons. The fourth-order valence-electron chi connectivity index (χ4n) is 3.24. The van der Waals surface area contributed by atoms with Gasteiger partial charge in [-0.05, 0) is 50.6 Å². The summed E-state index contributed by atoms with van der Waals surface area (Å²) in [6.07, 6.45) is 8.39. The van der Waals surface area contributed by atoms with E-state index in [1.54, 1.807) is 0 Å². The van der Waals surface area contributed by atoms with Gasteiger partial charge in [0, 0.05) is 6.54 Å². The van der Waals surface area contributed by atoms with Gasteiger partial charge in [-0.2, -0.15) is 0 Å². The molecule has 0 aromatic rings. The van der Waals surface area contributed by atoms with Crippen LogP contribution in [0.3, 0.4) is 0 Å². The third-order valence-electron chi connectivity index (χ3n) is 4.48. The lowest BCUT2D eigenvalue weighted by molar-refractivity contribution is 0.00965. The lowest BCUT2D eigenvalue weighted by Crippen LogP contribution is -2.41. The van der Waals surface area contributed by atoms with E-state index in [0.717, 1.165) is 19.4 Å². The van der Waals surface area contributed by atoms with Gasteiger partial charge in [-0.1, -0.05) is 26.7 Å². The van der Waals surface area contributed by atoms with Crippen LogP contribution in [0.5, 0.6) is 0 Å². The van der Waals surface area contributed by atoms with Crippen LogP contribution in [0, 0.1) is 5.41 Å². The SMILES string of the molecule is CC1(C)CCCN(CC2(O)CCCC2)CC1. The largest absolute Gasteiger partial charge is 0.389 e. The molecule has 1 heterocycles. The highest BCUT2D eigenvalue weighted by atomic mass is 16.3. The number of likely N-dealkylation sites (tertiary alicyclic amines) is 1. The van der Waals surface area contributed by atoms with Gasteiger partial charge >= 0.3 is 0 Å². The Bertz CT molecular complexity index is 231. The average Bonchev–Trinajstić information content (AvgIpc) is 2.54. The van der Waals surface area contributed by atoms with Crippen LogP contribution < -0.4 is 0 Å². The van der Waals surface area contributed by atoms with Crippen LogP contribution in [0.2, 0.25) is 0 Å². The van der Waals surface area contributed by atoms with Crippen molar-refractivity contribution in [3.8, 4) is 0 Å². The molecule has 0 aromatic carbocycles. The minimum atomic E-state index is -0.353. The first-order valence-corrected chi connectivity index (χ1v) is 6.94. The Hall–Kier alpha value is -0.0800. The second-order valence-corrected chi connectivity index (χ2v) is 6.73. The van der Waals surface area contributed by atoms with Crippen molar-refractivity contribution in [2.75, 3.05) is 19.6 Å². The van der Waals surface area contributed by atoms with E-state index in [2.05, 4.69) is 18.7 Å². The fraction of sp³-hybridized carbons (Fsp3) is 1.00. The van der Waals surface area contributed by atoms with Gasteiger partial charge < -0.3 is 10.0 Å². The second-order valence-electron chi connectivity index (χ2n) is 6.73. The maximum Gasteiger partial charge on any atom is 0.0774 e. The molecule has 1 aliphatic carbocycles. The van der Waals surface area contributed by atoms with Crippen molar-refractivity contribution in [2.45, 2.75) is 64.4 Å². The van der Waals surface area contributed by atoms with Gasteiger partial charge in [-0.25, -0.2) is 0 Å². The Morgan fingerprint density at radius 3 is 2.31 bits per heavy atom.